The molecule has 0 aliphatic heterocycles. The minimum Gasteiger partial charge on any atom is -0.368 e. The van der Waals surface area contributed by atoms with Crippen molar-refractivity contribution in [1.82, 2.24) is 5.48 Å². The van der Waals surface area contributed by atoms with Crippen molar-refractivity contribution in [3.63, 3.8) is 0 Å². The molecule has 2 rings (SSSR count). The molecule has 0 unspecified atom stereocenters. The molecule has 0 saturated heterocycles. The topological polar surface area (TPSA) is 50.4 Å². The molecular formula is C16H14BrCl3N2O2. The Hall–Kier alpha value is -0.980. The molecule has 2 aromatic rings. The van der Waals surface area contributed by atoms with Crippen LogP contribution in [0.15, 0.2) is 59.1 Å². The zero-order chi connectivity index (χ0) is 17.6. The molecule has 24 heavy (non-hydrogen) atoms. The van der Waals surface area contributed by atoms with Crippen LogP contribution in [0.25, 0.3) is 0 Å². The standard InChI is InChI=1S/C16H14BrCl3N2O2/c17-12-7-4-8-13(10-12)21-15(16(18,19)20)22-24-14(23)9-11-5-2-1-3-6-11/h1-8,10,15,21-22H,9H2/t15-/m0/s1. The van der Waals surface area contributed by atoms with Gasteiger partial charge in [0, 0.05) is 10.2 Å². The number of carbonyl (C=O) groups is 1. The van der Waals surface area contributed by atoms with Gasteiger partial charge in [-0.3, -0.25) is 4.79 Å². The van der Waals surface area contributed by atoms with Gasteiger partial charge in [-0.15, -0.1) is 5.48 Å². The molecule has 0 amide bonds. The van der Waals surface area contributed by atoms with Gasteiger partial charge in [0.15, 0.2) is 6.17 Å². The summed E-state index contributed by atoms with van der Waals surface area (Å²) in [6, 6.07) is 16.5. The van der Waals surface area contributed by atoms with Crippen LogP contribution in [0.1, 0.15) is 5.56 Å². The van der Waals surface area contributed by atoms with Crippen LogP contribution in [0.4, 0.5) is 5.69 Å². The quantitative estimate of drug-likeness (QED) is 0.374. The van der Waals surface area contributed by atoms with Gasteiger partial charge in [0.2, 0.25) is 3.79 Å². The van der Waals surface area contributed by atoms with E-state index in [1.165, 1.54) is 0 Å². The highest BCUT2D eigenvalue weighted by Crippen LogP contribution is 2.31. The van der Waals surface area contributed by atoms with Crippen molar-refractivity contribution in [2.75, 3.05) is 5.32 Å². The fourth-order valence-electron chi connectivity index (χ4n) is 1.85. The van der Waals surface area contributed by atoms with E-state index in [1.807, 2.05) is 42.5 Å². The van der Waals surface area contributed by atoms with Crippen LogP contribution >= 0.6 is 50.7 Å². The van der Waals surface area contributed by atoms with E-state index in [1.54, 1.807) is 12.1 Å². The molecule has 8 heteroatoms. The van der Waals surface area contributed by atoms with Gasteiger partial charge >= 0.3 is 5.97 Å². The molecular weight excluding hydrogens is 438 g/mol. The van der Waals surface area contributed by atoms with Gasteiger partial charge in [-0.05, 0) is 23.8 Å². The van der Waals surface area contributed by atoms with Crippen molar-refractivity contribution in [3.8, 4) is 0 Å². The van der Waals surface area contributed by atoms with E-state index in [0.717, 1.165) is 10.0 Å². The lowest BCUT2D eigenvalue weighted by molar-refractivity contribution is -0.151. The smallest absolute Gasteiger partial charge is 0.329 e. The largest absolute Gasteiger partial charge is 0.368 e. The van der Waals surface area contributed by atoms with Gasteiger partial charge in [-0.2, -0.15) is 0 Å². The first-order chi connectivity index (χ1) is 11.3. The van der Waals surface area contributed by atoms with Crippen molar-refractivity contribution in [2.45, 2.75) is 16.4 Å². The maximum absolute atomic E-state index is 11.9. The number of alkyl halides is 3. The first kappa shape index (κ1) is 19.3. The van der Waals surface area contributed by atoms with Crippen molar-refractivity contribution in [3.05, 3.63) is 64.6 Å². The second-order valence-corrected chi connectivity index (χ2v) is 8.17. The minimum absolute atomic E-state index is 0.108. The number of anilines is 1. The third-order valence-corrected chi connectivity index (χ3v) is 4.09. The second-order valence-electron chi connectivity index (χ2n) is 4.88. The predicted octanol–water partition coefficient (Wildman–Crippen LogP) is 4.85. The van der Waals surface area contributed by atoms with E-state index in [4.69, 9.17) is 39.6 Å². The van der Waals surface area contributed by atoms with Gasteiger partial charge in [-0.1, -0.05) is 87.1 Å². The summed E-state index contributed by atoms with van der Waals surface area (Å²) in [6.07, 6.45) is -0.825. The Balaban J connectivity index is 1.95. The number of nitrogens with one attached hydrogen (secondary N) is 2. The molecule has 0 fully saturated rings. The van der Waals surface area contributed by atoms with Crippen molar-refractivity contribution in [1.29, 1.82) is 0 Å². The molecule has 1 atom stereocenters. The maximum Gasteiger partial charge on any atom is 0.329 e. The number of hydrogen-bond donors (Lipinski definition) is 2. The van der Waals surface area contributed by atoms with E-state index in [0.29, 0.717) is 5.69 Å². The first-order valence-electron chi connectivity index (χ1n) is 6.92. The Morgan fingerprint density at radius 1 is 1.12 bits per heavy atom. The van der Waals surface area contributed by atoms with E-state index in [9.17, 15) is 4.79 Å². The summed E-state index contributed by atoms with van der Waals surface area (Å²) >= 11 is 21.2. The molecule has 128 valence electrons. The Labute approximate surface area is 163 Å². The highest BCUT2D eigenvalue weighted by Gasteiger charge is 2.34. The van der Waals surface area contributed by atoms with Crippen LogP contribution in [0.2, 0.25) is 0 Å². The molecule has 0 aliphatic rings. The summed E-state index contributed by atoms with van der Waals surface area (Å²) in [7, 11) is 0. The third-order valence-electron chi connectivity index (χ3n) is 2.94. The van der Waals surface area contributed by atoms with E-state index in [-0.39, 0.29) is 6.42 Å². The SMILES string of the molecule is O=C(Cc1ccccc1)ON[C@H](Nc1cccc(Br)c1)C(Cl)(Cl)Cl. The van der Waals surface area contributed by atoms with E-state index >= 15 is 0 Å². The molecule has 2 N–H and O–H groups in total. The molecule has 4 nitrogen and oxygen atoms in total. The van der Waals surface area contributed by atoms with Crippen LogP contribution in [-0.2, 0) is 16.1 Å². The maximum atomic E-state index is 11.9. The van der Waals surface area contributed by atoms with Crippen molar-refractivity contribution in [2.24, 2.45) is 0 Å². The highest BCUT2D eigenvalue weighted by molar-refractivity contribution is 9.10. The molecule has 0 heterocycles. The zero-order valence-electron chi connectivity index (χ0n) is 12.3. The normalized spacial score (nSPS) is 12.5. The fraction of sp³-hybridized carbons (Fsp3) is 0.188. The Kier molecular flexibility index (Phi) is 7.19. The highest BCUT2D eigenvalue weighted by atomic mass is 79.9. The lowest BCUT2D eigenvalue weighted by atomic mass is 10.2. The lowest BCUT2D eigenvalue weighted by Gasteiger charge is -2.26. The Bertz CT molecular complexity index is 681. The number of benzene rings is 2. The van der Waals surface area contributed by atoms with Gasteiger partial charge in [0.05, 0.1) is 6.42 Å². The Morgan fingerprint density at radius 3 is 2.46 bits per heavy atom. The lowest BCUT2D eigenvalue weighted by Crippen LogP contribution is -2.47. The average molecular weight is 453 g/mol. The van der Waals surface area contributed by atoms with E-state index in [2.05, 4.69) is 26.7 Å². The predicted molar refractivity (Wildman–Crippen MR) is 101 cm³/mol. The van der Waals surface area contributed by atoms with Crippen LogP contribution in [0.5, 0.6) is 0 Å². The summed E-state index contributed by atoms with van der Waals surface area (Å²) in [6.45, 7) is 0. The molecule has 0 saturated carbocycles. The molecule has 0 aromatic heterocycles. The van der Waals surface area contributed by atoms with Crippen LogP contribution in [-0.4, -0.2) is 15.9 Å². The molecule has 2 aromatic carbocycles. The second kappa shape index (κ2) is 8.92. The summed E-state index contributed by atoms with van der Waals surface area (Å²) in [5, 5.41) is 2.96. The summed E-state index contributed by atoms with van der Waals surface area (Å²) < 4.78 is -0.883. The van der Waals surface area contributed by atoms with Crippen LogP contribution in [0, 0.1) is 0 Å². The van der Waals surface area contributed by atoms with Crippen LogP contribution < -0.4 is 10.8 Å². The minimum atomic E-state index is -1.74. The van der Waals surface area contributed by atoms with Gasteiger partial charge in [0.25, 0.3) is 0 Å². The summed E-state index contributed by atoms with van der Waals surface area (Å²) in [5.41, 5.74) is 3.99. The number of hydrogen-bond acceptors (Lipinski definition) is 4. The molecule has 0 radical (unpaired) electrons. The number of rotatable bonds is 6. The molecule has 0 aliphatic carbocycles. The first-order valence-corrected chi connectivity index (χ1v) is 8.85. The Morgan fingerprint density at radius 2 is 1.83 bits per heavy atom. The molecule has 0 bridgehead atoms. The number of hydroxylamine groups is 1. The van der Waals surface area contributed by atoms with Gasteiger partial charge in [0.1, 0.15) is 0 Å². The summed E-state index contributed by atoms with van der Waals surface area (Å²) in [5.74, 6) is -0.489. The fourth-order valence-corrected chi connectivity index (χ4v) is 2.54. The van der Waals surface area contributed by atoms with E-state index < -0.39 is 15.9 Å². The van der Waals surface area contributed by atoms with Gasteiger partial charge < -0.3 is 10.2 Å². The molecule has 0 spiro atoms. The average Bonchev–Trinajstić information content (AvgIpc) is 2.51. The van der Waals surface area contributed by atoms with Gasteiger partial charge in [-0.25, -0.2) is 0 Å². The number of halogens is 4. The van der Waals surface area contributed by atoms with Crippen molar-refractivity contribution < 1.29 is 9.63 Å². The number of carbonyl (C=O) groups excluding carboxylic acids is 1. The summed E-state index contributed by atoms with van der Waals surface area (Å²) in [4.78, 5) is 16.9. The third kappa shape index (κ3) is 6.49. The van der Waals surface area contributed by atoms with Crippen LogP contribution in [0.3, 0.4) is 0 Å². The zero-order valence-corrected chi connectivity index (χ0v) is 16.2. The van der Waals surface area contributed by atoms with Crippen molar-refractivity contribution >= 4 is 62.4 Å². The monoisotopic (exact) mass is 450 g/mol.